The number of nitrogens with one attached hydrogen (secondary N) is 1. The second kappa shape index (κ2) is 13.7. The number of ether oxygens (including phenoxy) is 1. The molecule has 4 atom stereocenters. The van der Waals surface area contributed by atoms with Crippen molar-refractivity contribution in [3.63, 3.8) is 0 Å². The minimum atomic E-state index is -3.81. The van der Waals surface area contributed by atoms with Crippen LogP contribution in [0.15, 0.2) is 102 Å². The van der Waals surface area contributed by atoms with Crippen molar-refractivity contribution in [2.24, 2.45) is 5.92 Å². The van der Waals surface area contributed by atoms with Crippen LogP contribution in [0.3, 0.4) is 0 Å². The van der Waals surface area contributed by atoms with Gasteiger partial charge in [0, 0.05) is 6.04 Å². The van der Waals surface area contributed by atoms with E-state index in [1.165, 1.54) is 24.3 Å². The van der Waals surface area contributed by atoms with Crippen molar-refractivity contribution < 1.29 is 27.9 Å². The topological polar surface area (TPSA) is 113 Å². The number of nitrogens with zero attached hydrogens (tertiary/aromatic N) is 1. The molecule has 0 aromatic heterocycles. The molecule has 0 aliphatic carbocycles. The summed E-state index contributed by atoms with van der Waals surface area (Å²) in [5, 5.41) is 11.2. The quantitative estimate of drug-likeness (QED) is 0.309. The SMILES string of the molecule is Cc1ccc(S(=O)(=O)N[C@@H](C)/C=C/[C@H](C(=O)N2C(=O)OC[C@H]2Cc2ccccc2)[C@H](O)CCc2ccccc2)cc1. The average molecular weight is 577 g/mol. The van der Waals surface area contributed by atoms with Gasteiger partial charge in [-0.2, -0.15) is 0 Å². The molecule has 1 aliphatic heterocycles. The molecule has 8 nitrogen and oxygen atoms in total. The van der Waals surface area contributed by atoms with Gasteiger partial charge in [-0.1, -0.05) is 90.5 Å². The molecule has 2 amide bonds. The minimum absolute atomic E-state index is 0.0583. The van der Waals surface area contributed by atoms with E-state index in [1.54, 1.807) is 19.1 Å². The highest BCUT2D eigenvalue weighted by Crippen LogP contribution is 2.24. The molecule has 0 spiro atoms. The molecule has 1 fully saturated rings. The summed E-state index contributed by atoms with van der Waals surface area (Å²) in [4.78, 5) is 27.8. The predicted molar refractivity (Wildman–Crippen MR) is 156 cm³/mol. The first-order valence-corrected chi connectivity index (χ1v) is 15.2. The molecule has 1 aliphatic rings. The Kier molecular flexibility index (Phi) is 10.1. The number of hydrogen-bond donors (Lipinski definition) is 2. The Morgan fingerprint density at radius 3 is 2.24 bits per heavy atom. The Labute approximate surface area is 241 Å². The molecule has 9 heteroatoms. The summed E-state index contributed by atoms with van der Waals surface area (Å²) in [6.45, 7) is 3.57. The summed E-state index contributed by atoms with van der Waals surface area (Å²) in [7, 11) is -3.81. The number of cyclic esters (lactones) is 1. The van der Waals surface area contributed by atoms with Crippen molar-refractivity contribution in [1.82, 2.24) is 9.62 Å². The van der Waals surface area contributed by atoms with Crippen LogP contribution < -0.4 is 4.72 Å². The largest absolute Gasteiger partial charge is 0.447 e. The lowest BCUT2D eigenvalue weighted by molar-refractivity contribution is -0.135. The zero-order valence-corrected chi connectivity index (χ0v) is 24.0. The number of imide groups is 1. The number of aryl methyl sites for hydroxylation is 2. The lowest BCUT2D eigenvalue weighted by Crippen LogP contribution is -2.46. The van der Waals surface area contributed by atoms with Gasteiger partial charge in [-0.25, -0.2) is 22.8 Å². The van der Waals surface area contributed by atoms with Gasteiger partial charge in [-0.15, -0.1) is 0 Å². The fraction of sp³-hybridized carbons (Fsp3) is 0.312. The van der Waals surface area contributed by atoms with Crippen LogP contribution in [0.25, 0.3) is 0 Å². The van der Waals surface area contributed by atoms with E-state index in [0.29, 0.717) is 12.8 Å². The molecule has 0 unspecified atom stereocenters. The molecule has 4 rings (SSSR count). The predicted octanol–water partition coefficient (Wildman–Crippen LogP) is 4.42. The van der Waals surface area contributed by atoms with Crippen molar-refractivity contribution in [2.75, 3.05) is 6.61 Å². The van der Waals surface area contributed by atoms with Gasteiger partial charge in [-0.3, -0.25) is 4.79 Å². The van der Waals surface area contributed by atoms with Crippen LogP contribution in [0.2, 0.25) is 0 Å². The van der Waals surface area contributed by atoms with Crippen molar-refractivity contribution in [1.29, 1.82) is 0 Å². The number of aliphatic hydroxyl groups is 1. The molecule has 3 aromatic rings. The molecular weight excluding hydrogens is 540 g/mol. The highest BCUT2D eigenvalue weighted by atomic mass is 32.2. The zero-order valence-electron chi connectivity index (χ0n) is 23.2. The van der Waals surface area contributed by atoms with Crippen LogP contribution in [-0.2, 0) is 32.4 Å². The third-order valence-electron chi connectivity index (χ3n) is 7.06. The van der Waals surface area contributed by atoms with Gasteiger partial charge in [0.15, 0.2) is 0 Å². The fourth-order valence-corrected chi connectivity index (χ4v) is 6.00. The monoisotopic (exact) mass is 576 g/mol. The molecular formula is C32H36N2O6S. The molecule has 0 radical (unpaired) electrons. The Morgan fingerprint density at radius 2 is 1.61 bits per heavy atom. The number of carbonyl (C=O) groups excluding carboxylic acids is 2. The number of benzene rings is 3. The normalized spacial score (nSPS) is 17.8. The molecule has 0 saturated carbocycles. The lowest BCUT2D eigenvalue weighted by atomic mass is 9.93. The summed E-state index contributed by atoms with van der Waals surface area (Å²) in [5.41, 5.74) is 2.89. The number of amides is 2. The summed E-state index contributed by atoms with van der Waals surface area (Å²) < 4.78 is 33.6. The number of hydrogen-bond acceptors (Lipinski definition) is 6. The first-order chi connectivity index (χ1) is 19.6. The van der Waals surface area contributed by atoms with E-state index in [9.17, 15) is 23.1 Å². The van der Waals surface area contributed by atoms with Gasteiger partial charge in [0.05, 0.1) is 23.0 Å². The van der Waals surface area contributed by atoms with Crippen LogP contribution in [0.5, 0.6) is 0 Å². The molecule has 41 heavy (non-hydrogen) atoms. The van der Waals surface area contributed by atoms with E-state index in [2.05, 4.69) is 4.72 Å². The van der Waals surface area contributed by atoms with Gasteiger partial charge in [0.1, 0.15) is 6.61 Å². The molecule has 1 saturated heterocycles. The molecule has 3 aromatic carbocycles. The second-order valence-electron chi connectivity index (χ2n) is 10.4. The Bertz CT molecular complexity index is 1440. The van der Waals surface area contributed by atoms with Crippen molar-refractivity contribution in [3.05, 3.63) is 114 Å². The third kappa shape index (κ3) is 8.13. The number of rotatable bonds is 12. The zero-order chi connectivity index (χ0) is 29.4. The van der Waals surface area contributed by atoms with Gasteiger partial charge in [0.2, 0.25) is 15.9 Å². The lowest BCUT2D eigenvalue weighted by Gasteiger charge is -2.26. The maximum absolute atomic E-state index is 13.8. The van der Waals surface area contributed by atoms with E-state index in [1.807, 2.05) is 67.6 Å². The van der Waals surface area contributed by atoms with E-state index in [4.69, 9.17) is 4.74 Å². The van der Waals surface area contributed by atoms with Gasteiger partial charge < -0.3 is 9.84 Å². The Hall–Kier alpha value is -3.79. The standard InChI is InChI=1S/C32H36N2O6S/c1-23-13-17-28(18-14-23)41(38,39)33-24(2)15-19-29(30(35)20-16-25-9-5-3-6-10-25)31(36)34-27(22-40-32(34)37)21-26-11-7-4-8-12-26/h3-15,17-19,24,27,29-30,33,35H,16,20-22H2,1-2H3/b19-15+/t24-,27+,29-,30+/m0/s1. The number of carbonyl (C=O) groups is 2. The first-order valence-electron chi connectivity index (χ1n) is 13.7. The molecule has 0 bridgehead atoms. The average Bonchev–Trinajstić information content (AvgIpc) is 3.32. The van der Waals surface area contributed by atoms with Crippen LogP contribution in [0.1, 0.15) is 30.0 Å². The highest BCUT2D eigenvalue weighted by molar-refractivity contribution is 7.89. The van der Waals surface area contributed by atoms with E-state index >= 15 is 0 Å². The van der Waals surface area contributed by atoms with E-state index < -0.39 is 46.1 Å². The smallest absolute Gasteiger partial charge is 0.417 e. The van der Waals surface area contributed by atoms with Crippen LogP contribution in [-0.4, -0.2) is 55.2 Å². The first kappa shape index (κ1) is 30.2. The maximum Gasteiger partial charge on any atom is 0.417 e. The van der Waals surface area contributed by atoms with E-state index in [-0.39, 0.29) is 17.9 Å². The highest BCUT2D eigenvalue weighted by Gasteiger charge is 2.42. The molecule has 216 valence electrons. The van der Waals surface area contributed by atoms with Crippen LogP contribution >= 0.6 is 0 Å². The van der Waals surface area contributed by atoms with Gasteiger partial charge >= 0.3 is 6.09 Å². The van der Waals surface area contributed by atoms with Crippen molar-refractivity contribution in [3.8, 4) is 0 Å². The van der Waals surface area contributed by atoms with Crippen molar-refractivity contribution >= 4 is 22.0 Å². The van der Waals surface area contributed by atoms with E-state index in [0.717, 1.165) is 21.6 Å². The Morgan fingerprint density at radius 1 is 1.00 bits per heavy atom. The second-order valence-corrected chi connectivity index (χ2v) is 12.1. The maximum atomic E-state index is 13.8. The summed E-state index contributed by atoms with van der Waals surface area (Å²) in [5.74, 6) is -1.67. The number of sulfonamides is 1. The third-order valence-corrected chi connectivity index (χ3v) is 8.64. The van der Waals surface area contributed by atoms with Crippen LogP contribution in [0.4, 0.5) is 4.79 Å². The van der Waals surface area contributed by atoms with Gasteiger partial charge in [-0.05, 0) is 56.4 Å². The molecule has 2 N–H and O–H groups in total. The summed E-state index contributed by atoms with van der Waals surface area (Å²) >= 11 is 0. The Balaban J connectivity index is 1.54. The minimum Gasteiger partial charge on any atom is -0.447 e. The summed E-state index contributed by atoms with van der Waals surface area (Å²) in [6.07, 6.45) is 2.36. The van der Waals surface area contributed by atoms with Crippen molar-refractivity contribution in [2.45, 2.75) is 56.2 Å². The van der Waals surface area contributed by atoms with Crippen LogP contribution in [0, 0.1) is 12.8 Å². The fourth-order valence-electron chi connectivity index (χ4n) is 4.80. The molecule has 1 heterocycles. The van der Waals surface area contributed by atoms with Gasteiger partial charge in [0.25, 0.3) is 0 Å². The summed E-state index contributed by atoms with van der Waals surface area (Å²) in [6, 6.07) is 24.4. The number of aliphatic hydroxyl groups excluding tert-OH is 1.